The van der Waals surface area contributed by atoms with E-state index in [4.69, 9.17) is 11.6 Å². The Morgan fingerprint density at radius 3 is 1.97 bits per heavy atom. The van der Waals surface area contributed by atoms with Gasteiger partial charge in [0, 0.05) is 10.7 Å². The summed E-state index contributed by atoms with van der Waals surface area (Å²) < 4.78 is 1.89. The summed E-state index contributed by atoms with van der Waals surface area (Å²) in [7, 11) is -2.80. The predicted molar refractivity (Wildman–Crippen MR) is 151 cm³/mol. The van der Waals surface area contributed by atoms with E-state index in [1.807, 2.05) is 28.9 Å². The highest BCUT2D eigenvalue weighted by Gasteiger charge is 2.31. The molecule has 0 bridgehead atoms. The van der Waals surface area contributed by atoms with Crippen molar-refractivity contribution >= 4 is 39.5 Å². The van der Waals surface area contributed by atoms with Crippen LogP contribution in [0.1, 0.15) is 43.8 Å². The summed E-state index contributed by atoms with van der Waals surface area (Å²) in [6, 6.07) is 16.3. The second kappa shape index (κ2) is 9.80. The van der Waals surface area contributed by atoms with Crippen LogP contribution in [0.25, 0.3) is 6.08 Å². The van der Waals surface area contributed by atoms with Crippen molar-refractivity contribution in [1.82, 2.24) is 20.2 Å². The number of hydrogen-bond donors (Lipinski definition) is 1. The normalized spacial score (nSPS) is 13.5. The lowest BCUT2D eigenvalue weighted by Gasteiger charge is -2.31. The summed E-state index contributed by atoms with van der Waals surface area (Å²) in [6.45, 7) is 21.0. The first kappa shape index (κ1) is 26.4. The fourth-order valence-corrected chi connectivity index (χ4v) is 14.7. The van der Waals surface area contributed by atoms with Crippen molar-refractivity contribution in [3.63, 3.8) is 0 Å². The Hall–Kier alpha value is -2.23. The zero-order chi connectivity index (χ0) is 25.3. The first-order chi connectivity index (χ1) is 15.7. The van der Waals surface area contributed by atoms with Gasteiger partial charge in [0.25, 0.3) is 0 Å². The Morgan fingerprint density at radius 1 is 0.912 bits per heavy atom. The van der Waals surface area contributed by atoms with Crippen molar-refractivity contribution < 1.29 is 0 Å². The molecule has 0 aliphatic heterocycles. The maximum atomic E-state index is 6.11. The monoisotopic (exact) mass is 511 g/mol. The number of anilines is 1. The molecular weight excluding hydrogens is 474 g/mol. The van der Waals surface area contributed by atoms with Gasteiger partial charge in [-0.05, 0) is 66.6 Å². The van der Waals surface area contributed by atoms with Gasteiger partial charge < -0.3 is 5.32 Å². The van der Waals surface area contributed by atoms with Crippen LogP contribution < -0.4 is 5.32 Å². The summed E-state index contributed by atoms with van der Waals surface area (Å²) >= 11 is 6.11. The first-order valence-electron chi connectivity index (χ1n) is 11.8. The number of aromatic nitrogens is 4. The zero-order valence-corrected chi connectivity index (χ0v) is 24.7. The largest absolute Gasteiger partial charge is 0.371 e. The van der Waals surface area contributed by atoms with E-state index in [0.29, 0.717) is 5.02 Å². The van der Waals surface area contributed by atoms with Crippen molar-refractivity contribution in [3.05, 3.63) is 75.3 Å². The third-order valence-corrected chi connectivity index (χ3v) is 14.0. The van der Waals surface area contributed by atoms with Gasteiger partial charge in [0.05, 0.1) is 21.7 Å². The van der Waals surface area contributed by atoms with Gasteiger partial charge in [-0.2, -0.15) is 0 Å². The standard InChI is InChI=1S/C26H38ClN5Si2/c1-26(2,3)32-25(29-30-31-32)24(28-22-16-14-21(27)15-17-22)20-12-10-19(11-13-20)18-23(33(4,5)6)34(7,8)9/h10-18,24,28H,1-9H3. The maximum absolute atomic E-state index is 6.11. The molecular formula is C26H38ClN5Si2. The average molecular weight is 512 g/mol. The molecule has 0 saturated heterocycles. The van der Waals surface area contributed by atoms with E-state index in [1.165, 1.54) is 5.56 Å². The number of benzene rings is 2. The van der Waals surface area contributed by atoms with Gasteiger partial charge in [0.2, 0.25) is 0 Å². The molecule has 0 aliphatic rings. The molecule has 8 heteroatoms. The number of halogens is 1. The molecule has 0 fully saturated rings. The topological polar surface area (TPSA) is 55.6 Å². The fourth-order valence-electron chi connectivity index (χ4n) is 4.37. The lowest BCUT2D eigenvalue weighted by molar-refractivity contribution is 0.333. The summed E-state index contributed by atoms with van der Waals surface area (Å²) in [5.74, 6) is 0.774. The lowest BCUT2D eigenvalue weighted by Crippen LogP contribution is -2.39. The molecule has 1 atom stereocenters. The van der Waals surface area contributed by atoms with E-state index >= 15 is 0 Å². The second-order valence-electron chi connectivity index (χ2n) is 11.9. The minimum absolute atomic E-state index is 0.207. The molecule has 1 aromatic heterocycles. The van der Waals surface area contributed by atoms with E-state index < -0.39 is 16.1 Å². The van der Waals surface area contributed by atoms with Crippen LogP contribution in [-0.2, 0) is 5.54 Å². The number of tetrazole rings is 1. The van der Waals surface area contributed by atoms with Gasteiger partial charge in [-0.15, -0.1) is 5.10 Å². The summed E-state index contributed by atoms with van der Waals surface area (Å²) in [6.07, 6.45) is 2.45. The number of hydrogen-bond acceptors (Lipinski definition) is 4. The van der Waals surface area contributed by atoms with Gasteiger partial charge in [-0.3, -0.25) is 0 Å². The smallest absolute Gasteiger partial charge is 0.178 e. The van der Waals surface area contributed by atoms with Crippen molar-refractivity contribution in [2.45, 2.75) is 71.6 Å². The van der Waals surface area contributed by atoms with E-state index in [2.05, 4.69) is 111 Å². The number of nitrogens with one attached hydrogen (secondary N) is 1. The second-order valence-corrected chi connectivity index (χ2v) is 22.9. The minimum atomic E-state index is -1.40. The molecule has 1 unspecified atom stereocenters. The molecule has 3 rings (SSSR count). The lowest BCUT2D eigenvalue weighted by atomic mass is 10.0. The molecule has 0 amide bonds. The molecule has 0 aliphatic carbocycles. The van der Waals surface area contributed by atoms with E-state index in [-0.39, 0.29) is 11.6 Å². The zero-order valence-electron chi connectivity index (χ0n) is 21.9. The highest BCUT2D eigenvalue weighted by molar-refractivity contribution is 7.05. The third kappa shape index (κ3) is 6.46. The molecule has 1 heterocycles. The van der Waals surface area contributed by atoms with Crippen LogP contribution in [0.5, 0.6) is 0 Å². The van der Waals surface area contributed by atoms with E-state index in [1.54, 1.807) is 4.82 Å². The minimum Gasteiger partial charge on any atom is -0.371 e. The Morgan fingerprint density at radius 2 is 1.47 bits per heavy atom. The molecule has 1 N–H and O–H groups in total. The molecule has 0 spiro atoms. The van der Waals surface area contributed by atoms with Crippen LogP contribution in [0.2, 0.25) is 44.3 Å². The molecule has 182 valence electrons. The molecule has 0 saturated carbocycles. The highest BCUT2D eigenvalue weighted by atomic mass is 35.5. The Bertz CT molecular complexity index is 1120. The number of nitrogens with zero attached hydrogens (tertiary/aromatic N) is 4. The van der Waals surface area contributed by atoms with Crippen LogP contribution >= 0.6 is 11.6 Å². The van der Waals surface area contributed by atoms with Crippen LogP contribution in [0, 0.1) is 0 Å². The van der Waals surface area contributed by atoms with E-state index in [0.717, 1.165) is 17.1 Å². The molecule has 34 heavy (non-hydrogen) atoms. The van der Waals surface area contributed by atoms with Gasteiger partial charge in [-0.1, -0.05) is 86.0 Å². The van der Waals surface area contributed by atoms with Crippen molar-refractivity contribution in [2.75, 3.05) is 5.32 Å². The SMILES string of the molecule is CC(C)(C)n1nnnc1C(Nc1ccc(Cl)cc1)c1ccc(C=C([Si](C)(C)C)[Si](C)(C)C)cc1. The fraction of sp³-hybridized carbons (Fsp3) is 0.423. The molecule has 3 aromatic rings. The predicted octanol–water partition coefficient (Wildman–Crippen LogP) is 7.42. The Labute approximate surface area is 211 Å². The molecule has 0 radical (unpaired) electrons. The summed E-state index contributed by atoms with van der Waals surface area (Å²) in [5, 5.41) is 17.0. The Kier molecular flexibility index (Phi) is 7.60. The van der Waals surface area contributed by atoms with Crippen LogP contribution in [-0.4, -0.2) is 36.4 Å². The van der Waals surface area contributed by atoms with Crippen molar-refractivity contribution in [1.29, 1.82) is 0 Å². The number of rotatable bonds is 7. The Balaban J connectivity index is 2.04. The van der Waals surface area contributed by atoms with Gasteiger partial charge in [0.15, 0.2) is 5.82 Å². The van der Waals surface area contributed by atoms with Crippen LogP contribution in [0.15, 0.2) is 53.4 Å². The quantitative estimate of drug-likeness (QED) is 0.335. The van der Waals surface area contributed by atoms with Crippen LogP contribution in [0.4, 0.5) is 5.69 Å². The maximum Gasteiger partial charge on any atom is 0.178 e. The molecule has 5 nitrogen and oxygen atoms in total. The van der Waals surface area contributed by atoms with Crippen molar-refractivity contribution in [2.24, 2.45) is 0 Å². The van der Waals surface area contributed by atoms with Gasteiger partial charge in [0.1, 0.15) is 6.04 Å². The summed E-state index contributed by atoms with van der Waals surface area (Å²) in [5.41, 5.74) is 3.08. The molecule has 2 aromatic carbocycles. The van der Waals surface area contributed by atoms with Gasteiger partial charge >= 0.3 is 0 Å². The van der Waals surface area contributed by atoms with E-state index in [9.17, 15) is 0 Å². The van der Waals surface area contributed by atoms with Crippen molar-refractivity contribution in [3.8, 4) is 0 Å². The average Bonchev–Trinajstić information content (AvgIpc) is 3.21. The van der Waals surface area contributed by atoms with Crippen LogP contribution in [0.3, 0.4) is 0 Å². The third-order valence-electron chi connectivity index (χ3n) is 5.74. The highest BCUT2D eigenvalue weighted by Crippen LogP contribution is 2.31. The summed E-state index contributed by atoms with van der Waals surface area (Å²) in [4.78, 5) is 1.69. The van der Waals surface area contributed by atoms with Gasteiger partial charge in [-0.25, -0.2) is 4.68 Å². The first-order valence-corrected chi connectivity index (χ1v) is 19.2.